The van der Waals surface area contributed by atoms with E-state index in [1.54, 1.807) is 0 Å². The van der Waals surface area contributed by atoms with Crippen molar-refractivity contribution in [1.29, 1.82) is 0 Å². The van der Waals surface area contributed by atoms with Gasteiger partial charge in [0.15, 0.2) is 0 Å². The lowest BCUT2D eigenvalue weighted by molar-refractivity contribution is 0.0622. The summed E-state index contributed by atoms with van der Waals surface area (Å²) >= 11 is 0. The van der Waals surface area contributed by atoms with Crippen molar-refractivity contribution in [2.24, 2.45) is 0 Å². The Balaban J connectivity index is 2.02. The summed E-state index contributed by atoms with van der Waals surface area (Å²) in [6.45, 7) is 3.73. The highest BCUT2D eigenvalue weighted by atomic mass is 16.3. The maximum absolute atomic E-state index is 10.2. The van der Waals surface area contributed by atoms with Crippen molar-refractivity contribution >= 4 is 6.08 Å². The lowest BCUT2D eigenvalue weighted by atomic mass is 9.93. The smallest absolute Gasteiger partial charge is 0.0820 e. The van der Waals surface area contributed by atoms with Gasteiger partial charge in [0.1, 0.15) is 0 Å². The van der Waals surface area contributed by atoms with E-state index in [2.05, 4.69) is 30.4 Å². The van der Waals surface area contributed by atoms with Gasteiger partial charge < -0.3 is 10.4 Å². The fourth-order valence-electron chi connectivity index (χ4n) is 2.29. The topological polar surface area (TPSA) is 32.3 Å². The van der Waals surface area contributed by atoms with E-state index >= 15 is 0 Å². The second kappa shape index (κ2) is 4.81. The molecule has 2 nitrogen and oxygen atoms in total. The van der Waals surface area contributed by atoms with E-state index in [4.69, 9.17) is 0 Å². The number of hydrogen-bond acceptors (Lipinski definition) is 2. The van der Waals surface area contributed by atoms with Crippen LogP contribution in [0.4, 0.5) is 0 Å². The van der Waals surface area contributed by atoms with Crippen molar-refractivity contribution in [3.63, 3.8) is 0 Å². The normalized spacial score (nSPS) is 26.0. The highest BCUT2D eigenvalue weighted by Crippen LogP contribution is 2.24. The molecule has 1 aromatic rings. The van der Waals surface area contributed by atoms with Crippen molar-refractivity contribution in [1.82, 2.24) is 5.32 Å². The third kappa shape index (κ3) is 2.94. The van der Waals surface area contributed by atoms with Gasteiger partial charge in [-0.1, -0.05) is 42.0 Å². The highest BCUT2D eigenvalue weighted by Gasteiger charge is 2.30. The predicted octanol–water partition coefficient (Wildman–Crippen LogP) is 2.20. The molecule has 1 aliphatic heterocycles. The first-order chi connectivity index (χ1) is 7.68. The molecule has 1 saturated heterocycles. The fourth-order valence-corrected chi connectivity index (χ4v) is 2.29. The molecular formula is C14H19NO. The third-order valence-electron chi connectivity index (χ3n) is 3.04. The van der Waals surface area contributed by atoms with Gasteiger partial charge in [-0.2, -0.15) is 0 Å². The summed E-state index contributed by atoms with van der Waals surface area (Å²) in [4.78, 5) is 0. The number of rotatable bonds is 3. The van der Waals surface area contributed by atoms with Gasteiger partial charge in [-0.05, 0) is 31.9 Å². The van der Waals surface area contributed by atoms with Gasteiger partial charge in [0, 0.05) is 6.54 Å². The number of aliphatic hydroxyl groups is 1. The fraction of sp³-hybridized carbons (Fsp3) is 0.429. The largest absolute Gasteiger partial charge is 0.388 e. The van der Waals surface area contributed by atoms with Gasteiger partial charge in [-0.25, -0.2) is 0 Å². The molecule has 2 N–H and O–H groups in total. The van der Waals surface area contributed by atoms with Gasteiger partial charge in [0.25, 0.3) is 0 Å². The lowest BCUT2D eigenvalue weighted by Crippen LogP contribution is -2.31. The molecule has 1 atom stereocenters. The Labute approximate surface area is 97.0 Å². The van der Waals surface area contributed by atoms with E-state index in [-0.39, 0.29) is 0 Å². The number of nitrogens with one attached hydrogen (secondary N) is 1. The summed E-state index contributed by atoms with van der Waals surface area (Å²) in [5.41, 5.74) is 1.90. The second-order valence-corrected chi connectivity index (χ2v) is 4.73. The molecule has 2 rings (SSSR count). The summed E-state index contributed by atoms with van der Waals surface area (Å²) in [5.74, 6) is 0. The zero-order chi connectivity index (χ0) is 11.4. The first-order valence-electron chi connectivity index (χ1n) is 5.83. The summed E-state index contributed by atoms with van der Waals surface area (Å²) < 4.78 is 0. The van der Waals surface area contributed by atoms with Crippen LogP contribution in [0.25, 0.3) is 6.08 Å². The van der Waals surface area contributed by atoms with Gasteiger partial charge in [-0.15, -0.1) is 0 Å². The van der Waals surface area contributed by atoms with E-state index in [9.17, 15) is 5.11 Å². The Kier molecular flexibility index (Phi) is 3.42. The van der Waals surface area contributed by atoms with Crippen molar-refractivity contribution in [3.05, 3.63) is 41.5 Å². The Hall–Kier alpha value is -1.12. The van der Waals surface area contributed by atoms with Crippen LogP contribution in [0.5, 0.6) is 0 Å². The number of benzene rings is 1. The van der Waals surface area contributed by atoms with E-state index in [0.717, 1.165) is 19.4 Å². The van der Waals surface area contributed by atoms with Gasteiger partial charge >= 0.3 is 0 Å². The monoisotopic (exact) mass is 217 g/mol. The molecule has 0 aliphatic carbocycles. The number of β-amino-alcohol motifs (C(OH)–C–C–N with tert-alkyl or cyclic N) is 1. The molecule has 0 bridgehead atoms. The van der Waals surface area contributed by atoms with Crippen LogP contribution in [0.3, 0.4) is 0 Å². The van der Waals surface area contributed by atoms with E-state index in [0.29, 0.717) is 6.54 Å². The maximum atomic E-state index is 10.2. The molecule has 0 spiro atoms. The van der Waals surface area contributed by atoms with Crippen molar-refractivity contribution < 1.29 is 5.11 Å². The van der Waals surface area contributed by atoms with Crippen LogP contribution in [0.1, 0.15) is 25.3 Å². The van der Waals surface area contributed by atoms with Crippen LogP contribution in [0.2, 0.25) is 0 Å². The number of hydrogen-bond donors (Lipinski definition) is 2. The van der Waals surface area contributed by atoms with Crippen LogP contribution in [0, 0.1) is 0 Å². The molecule has 86 valence electrons. The average molecular weight is 217 g/mol. The third-order valence-corrected chi connectivity index (χ3v) is 3.04. The Morgan fingerprint density at radius 3 is 2.81 bits per heavy atom. The molecule has 16 heavy (non-hydrogen) atoms. The van der Waals surface area contributed by atoms with E-state index < -0.39 is 5.60 Å². The molecule has 1 fully saturated rings. The zero-order valence-corrected chi connectivity index (χ0v) is 9.74. The van der Waals surface area contributed by atoms with Crippen LogP contribution >= 0.6 is 0 Å². The first-order valence-corrected chi connectivity index (χ1v) is 5.83. The average Bonchev–Trinajstić information content (AvgIpc) is 2.66. The second-order valence-electron chi connectivity index (χ2n) is 4.73. The van der Waals surface area contributed by atoms with E-state index in [1.165, 1.54) is 11.1 Å². The molecule has 0 radical (unpaired) electrons. The van der Waals surface area contributed by atoms with Crippen molar-refractivity contribution in [2.45, 2.75) is 25.4 Å². The quantitative estimate of drug-likeness (QED) is 0.813. The molecule has 0 amide bonds. The molecule has 0 aromatic heterocycles. The van der Waals surface area contributed by atoms with Gasteiger partial charge in [-0.3, -0.25) is 0 Å². The van der Waals surface area contributed by atoms with Crippen LogP contribution in [-0.2, 0) is 0 Å². The summed E-state index contributed by atoms with van der Waals surface area (Å²) in [7, 11) is 0. The van der Waals surface area contributed by atoms with Gasteiger partial charge in [0.2, 0.25) is 0 Å². The van der Waals surface area contributed by atoms with Gasteiger partial charge in [0.05, 0.1) is 5.60 Å². The van der Waals surface area contributed by atoms with Crippen molar-refractivity contribution in [2.75, 3.05) is 13.1 Å². The van der Waals surface area contributed by atoms with Crippen LogP contribution in [0.15, 0.2) is 35.9 Å². The Morgan fingerprint density at radius 2 is 2.19 bits per heavy atom. The molecule has 0 saturated carbocycles. The summed E-state index contributed by atoms with van der Waals surface area (Å²) in [5, 5.41) is 13.4. The van der Waals surface area contributed by atoms with Crippen molar-refractivity contribution in [3.8, 4) is 0 Å². The maximum Gasteiger partial charge on any atom is 0.0820 e. The minimum atomic E-state index is -0.532. The lowest BCUT2D eigenvalue weighted by Gasteiger charge is -2.21. The predicted molar refractivity (Wildman–Crippen MR) is 67.1 cm³/mol. The minimum Gasteiger partial charge on any atom is -0.388 e. The molecule has 1 aromatic carbocycles. The molecular weight excluding hydrogens is 198 g/mol. The highest BCUT2D eigenvalue weighted by molar-refractivity contribution is 5.52. The summed E-state index contributed by atoms with van der Waals surface area (Å²) in [6.07, 6.45) is 3.76. The first kappa shape index (κ1) is 11.4. The summed E-state index contributed by atoms with van der Waals surface area (Å²) in [6, 6.07) is 10.2. The Bertz CT molecular complexity index is 364. The standard InChI is InChI=1S/C14H19NO/c1-12(9-13-5-3-2-4-6-13)10-14(16)7-8-15-11-14/h2-6,9,15-16H,7-8,10-11H2,1H3/b12-9+. The van der Waals surface area contributed by atoms with E-state index in [1.807, 2.05) is 18.2 Å². The molecule has 1 aliphatic rings. The molecule has 1 heterocycles. The molecule has 2 heteroatoms. The molecule has 1 unspecified atom stereocenters. The van der Waals surface area contributed by atoms with Crippen LogP contribution < -0.4 is 5.32 Å². The SMILES string of the molecule is C/C(=C\c1ccccc1)CC1(O)CCNC1. The van der Waals surface area contributed by atoms with Crippen LogP contribution in [-0.4, -0.2) is 23.8 Å². The Morgan fingerprint density at radius 1 is 1.44 bits per heavy atom. The zero-order valence-electron chi connectivity index (χ0n) is 9.74. The minimum absolute atomic E-state index is 0.532.